The molecule has 6 heteroatoms. The quantitative estimate of drug-likeness (QED) is 0.813. The summed E-state index contributed by atoms with van der Waals surface area (Å²) in [6.07, 6.45) is 0. The van der Waals surface area contributed by atoms with Crippen molar-refractivity contribution in [2.45, 2.75) is 0 Å². The molecule has 1 N–H and O–H groups in total. The highest BCUT2D eigenvalue weighted by Gasteiger charge is 2.18. The van der Waals surface area contributed by atoms with Crippen LogP contribution in [0.1, 0.15) is 0 Å². The molecule has 0 atom stereocenters. The third kappa shape index (κ3) is 1.93. The largest absolute Gasteiger partial charge is 0.479 e. The SMILES string of the molecule is O=C(O)COc1cc2c(cc1F)OCO2. The van der Waals surface area contributed by atoms with Gasteiger partial charge in [-0.05, 0) is 0 Å². The van der Waals surface area contributed by atoms with Gasteiger partial charge in [-0.2, -0.15) is 0 Å². The number of hydrogen-bond donors (Lipinski definition) is 1. The molecule has 0 saturated carbocycles. The molecular weight excluding hydrogens is 207 g/mol. The molecule has 1 aliphatic heterocycles. The van der Waals surface area contributed by atoms with Crippen LogP contribution in [0.5, 0.6) is 17.2 Å². The lowest BCUT2D eigenvalue weighted by Gasteiger charge is -2.05. The highest BCUT2D eigenvalue weighted by atomic mass is 19.1. The first-order valence-corrected chi connectivity index (χ1v) is 4.10. The molecule has 0 radical (unpaired) electrons. The molecule has 5 nitrogen and oxygen atoms in total. The Morgan fingerprint density at radius 2 is 2.13 bits per heavy atom. The van der Waals surface area contributed by atoms with E-state index in [4.69, 9.17) is 19.3 Å². The Bertz CT molecular complexity index is 404. The molecule has 0 aromatic heterocycles. The lowest BCUT2D eigenvalue weighted by Crippen LogP contribution is -2.10. The minimum Gasteiger partial charge on any atom is -0.479 e. The molecule has 1 aromatic carbocycles. The summed E-state index contributed by atoms with van der Waals surface area (Å²) in [5.74, 6) is -1.39. The van der Waals surface area contributed by atoms with Crippen LogP contribution in [0.25, 0.3) is 0 Å². The van der Waals surface area contributed by atoms with Gasteiger partial charge in [0, 0.05) is 12.1 Å². The smallest absolute Gasteiger partial charge is 0.341 e. The highest BCUT2D eigenvalue weighted by molar-refractivity contribution is 5.68. The summed E-state index contributed by atoms with van der Waals surface area (Å²) in [7, 11) is 0. The van der Waals surface area contributed by atoms with Crippen molar-refractivity contribution >= 4 is 5.97 Å². The van der Waals surface area contributed by atoms with Crippen LogP contribution in [0, 0.1) is 5.82 Å². The maximum Gasteiger partial charge on any atom is 0.341 e. The average Bonchev–Trinajstić information content (AvgIpc) is 2.60. The van der Waals surface area contributed by atoms with Crippen LogP contribution < -0.4 is 14.2 Å². The molecule has 0 saturated heterocycles. The summed E-state index contributed by atoms with van der Waals surface area (Å²) in [5.41, 5.74) is 0. The van der Waals surface area contributed by atoms with Crippen LogP contribution in [0.15, 0.2) is 12.1 Å². The van der Waals surface area contributed by atoms with Gasteiger partial charge in [-0.25, -0.2) is 9.18 Å². The maximum absolute atomic E-state index is 13.2. The van der Waals surface area contributed by atoms with Gasteiger partial charge < -0.3 is 19.3 Å². The zero-order chi connectivity index (χ0) is 10.8. The predicted molar refractivity (Wildman–Crippen MR) is 45.7 cm³/mol. The van der Waals surface area contributed by atoms with E-state index in [1.54, 1.807) is 0 Å². The second kappa shape index (κ2) is 3.64. The molecule has 80 valence electrons. The molecule has 0 spiro atoms. The summed E-state index contributed by atoms with van der Waals surface area (Å²) in [6.45, 7) is -0.576. The molecular formula is C9H7FO5. The molecule has 15 heavy (non-hydrogen) atoms. The van der Waals surface area contributed by atoms with E-state index in [2.05, 4.69) is 0 Å². The van der Waals surface area contributed by atoms with E-state index in [9.17, 15) is 9.18 Å². The Morgan fingerprint density at radius 1 is 1.47 bits per heavy atom. The second-order valence-electron chi connectivity index (χ2n) is 2.82. The van der Waals surface area contributed by atoms with Gasteiger partial charge in [-0.1, -0.05) is 0 Å². The lowest BCUT2D eigenvalue weighted by molar-refractivity contribution is -0.139. The van der Waals surface area contributed by atoms with E-state index in [-0.39, 0.29) is 18.3 Å². The Balaban J connectivity index is 2.21. The number of ether oxygens (including phenoxy) is 3. The third-order valence-corrected chi connectivity index (χ3v) is 1.78. The number of fused-ring (bicyclic) bond motifs is 1. The second-order valence-corrected chi connectivity index (χ2v) is 2.82. The fourth-order valence-electron chi connectivity index (χ4n) is 1.15. The van der Waals surface area contributed by atoms with Gasteiger partial charge >= 0.3 is 5.97 Å². The Labute approximate surface area is 84.0 Å². The number of halogens is 1. The number of carboxylic acids is 1. The third-order valence-electron chi connectivity index (χ3n) is 1.78. The maximum atomic E-state index is 13.2. The Kier molecular flexibility index (Phi) is 2.32. The molecule has 1 aromatic rings. The van der Waals surface area contributed by atoms with Crippen molar-refractivity contribution in [1.29, 1.82) is 0 Å². The minimum atomic E-state index is -1.17. The van der Waals surface area contributed by atoms with Gasteiger partial charge in [0.2, 0.25) is 6.79 Å². The van der Waals surface area contributed by atoms with Crippen molar-refractivity contribution in [3.8, 4) is 17.2 Å². The molecule has 2 rings (SSSR count). The van der Waals surface area contributed by atoms with Crippen LogP contribution in [0.2, 0.25) is 0 Å². The minimum absolute atomic E-state index is 0.0250. The van der Waals surface area contributed by atoms with Crippen molar-refractivity contribution in [2.75, 3.05) is 13.4 Å². The van der Waals surface area contributed by atoms with E-state index < -0.39 is 18.4 Å². The summed E-state index contributed by atoms with van der Waals surface area (Å²) >= 11 is 0. The van der Waals surface area contributed by atoms with Crippen LogP contribution in [-0.2, 0) is 4.79 Å². The predicted octanol–water partition coefficient (Wildman–Crippen LogP) is 1.02. The topological polar surface area (TPSA) is 65.0 Å². The Hall–Kier alpha value is -1.98. The lowest BCUT2D eigenvalue weighted by atomic mass is 10.3. The van der Waals surface area contributed by atoms with Gasteiger partial charge in [-0.3, -0.25) is 0 Å². The summed E-state index contributed by atoms with van der Waals surface area (Å²) in [5, 5.41) is 8.36. The van der Waals surface area contributed by atoms with Crippen LogP contribution >= 0.6 is 0 Å². The van der Waals surface area contributed by atoms with Crippen molar-refractivity contribution in [2.24, 2.45) is 0 Å². The normalized spacial score (nSPS) is 12.6. The first-order valence-electron chi connectivity index (χ1n) is 4.10. The van der Waals surface area contributed by atoms with Crippen LogP contribution in [0.4, 0.5) is 4.39 Å². The van der Waals surface area contributed by atoms with Gasteiger partial charge in [0.05, 0.1) is 0 Å². The standard InChI is InChI=1S/C9H7FO5/c10-5-1-7-8(15-4-14-7)2-6(5)13-3-9(11)12/h1-2H,3-4H2,(H,11,12). The average molecular weight is 214 g/mol. The number of carboxylic acid groups (broad SMARTS) is 1. The molecule has 0 amide bonds. The molecule has 0 bridgehead atoms. The number of carbonyl (C=O) groups is 1. The van der Waals surface area contributed by atoms with E-state index >= 15 is 0 Å². The van der Waals surface area contributed by atoms with Crippen molar-refractivity contribution < 1.29 is 28.5 Å². The number of rotatable bonds is 3. The van der Waals surface area contributed by atoms with Gasteiger partial charge in [0.25, 0.3) is 0 Å². The molecule has 0 unspecified atom stereocenters. The van der Waals surface area contributed by atoms with E-state index in [1.165, 1.54) is 6.07 Å². The monoisotopic (exact) mass is 214 g/mol. The number of aliphatic carboxylic acids is 1. The van der Waals surface area contributed by atoms with E-state index in [0.717, 1.165) is 6.07 Å². The number of benzene rings is 1. The molecule has 0 fully saturated rings. The molecule has 0 aliphatic carbocycles. The van der Waals surface area contributed by atoms with Gasteiger partial charge in [-0.15, -0.1) is 0 Å². The zero-order valence-corrected chi connectivity index (χ0v) is 7.53. The van der Waals surface area contributed by atoms with E-state index in [0.29, 0.717) is 5.75 Å². The zero-order valence-electron chi connectivity index (χ0n) is 7.53. The first-order chi connectivity index (χ1) is 7.16. The summed E-state index contributed by atoms with van der Waals surface area (Å²) in [6, 6.07) is 2.36. The molecule has 1 aliphatic rings. The Morgan fingerprint density at radius 3 is 2.80 bits per heavy atom. The highest BCUT2D eigenvalue weighted by Crippen LogP contribution is 2.37. The molecule has 1 heterocycles. The fraction of sp³-hybridized carbons (Fsp3) is 0.222. The van der Waals surface area contributed by atoms with Gasteiger partial charge in [0.1, 0.15) is 0 Å². The number of hydrogen-bond acceptors (Lipinski definition) is 4. The summed E-state index contributed by atoms with van der Waals surface area (Å²) in [4.78, 5) is 10.2. The fourth-order valence-corrected chi connectivity index (χ4v) is 1.15. The van der Waals surface area contributed by atoms with Crippen molar-refractivity contribution in [3.63, 3.8) is 0 Å². The van der Waals surface area contributed by atoms with Crippen LogP contribution in [0.3, 0.4) is 0 Å². The summed E-state index contributed by atoms with van der Waals surface area (Å²) < 4.78 is 27.9. The first kappa shape index (κ1) is 9.57. The van der Waals surface area contributed by atoms with Gasteiger partial charge in [0.15, 0.2) is 29.7 Å². The van der Waals surface area contributed by atoms with Crippen molar-refractivity contribution in [3.05, 3.63) is 17.9 Å². The van der Waals surface area contributed by atoms with E-state index in [1.807, 2.05) is 0 Å². The van der Waals surface area contributed by atoms with Crippen LogP contribution in [-0.4, -0.2) is 24.5 Å². The van der Waals surface area contributed by atoms with Crippen molar-refractivity contribution in [1.82, 2.24) is 0 Å².